The van der Waals surface area contributed by atoms with Crippen LogP contribution in [0.2, 0.25) is 0 Å². The number of thiophene rings is 1. The third kappa shape index (κ3) is 6.07. The van der Waals surface area contributed by atoms with Gasteiger partial charge in [-0.05, 0) is 19.4 Å². The molecular formula is C16H25ClN4O3S. The third-order valence-electron chi connectivity index (χ3n) is 3.78. The Morgan fingerprint density at radius 2 is 2.04 bits per heavy atom. The van der Waals surface area contributed by atoms with Crippen LogP contribution in [-0.2, 0) is 16.0 Å². The summed E-state index contributed by atoms with van der Waals surface area (Å²) in [5, 5.41) is 6.65. The second kappa shape index (κ2) is 10.5. The van der Waals surface area contributed by atoms with Crippen LogP contribution in [0.1, 0.15) is 22.7 Å². The van der Waals surface area contributed by atoms with E-state index in [4.69, 9.17) is 4.74 Å². The van der Waals surface area contributed by atoms with Crippen LogP contribution in [0.3, 0.4) is 0 Å². The van der Waals surface area contributed by atoms with Gasteiger partial charge in [-0.2, -0.15) is 0 Å². The lowest BCUT2D eigenvalue weighted by molar-refractivity contribution is -0.121. The maximum atomic E-state index is 12.2. The van der Waals surface area contributed by atoms with Crippen molar-refractivity contribution < 1.29 is 9.53 Å². The first kappa shape index (κ1) is 21.6. The molecule has 2 aromatic rings. The summed E-state index contributed by atoms with van der Waals surface area (Å²) >= 11 is 1.51. The Morgan fingerprint density at radius 3 is 2.76 bits per heavy atom. The van der Waals surface area contributed by atoms with Crippen LogP contribution in [0.4, 0.5) is 0 Å². The maximum absolute atomic E-state index is 12.2. The van der Waals surface area contributed by atoms with Crippen LogP contribution in [0, 0.1) is 13.8 Å². The molecule has 9 heteroatoms. The van der Waals surface area contributed by atoms with Gasteiger partial charge in [-0.1, -0.05) is 0 Å². The molecule has 140 valence electrons. The van der Waals surface area contributed by atoms with Crippen molar-refractivity contribution in [1.29, 1.82) is 0 Å². The fourth-order valence-electron chi connectivity index (χ4n) is 2.33. The highest BCUT2D eigenvalue weighted by Crippen LogP contribution is 2.25. The van der Waals surface area contributed by atoms with E-state index in [0.717, 1.165) is 21.8 Å². The zero-order valence-electron chi connectivity index (χ0n) is 14.7. The number of fused-ring (bicyclic) bond motifs is 1. The molecule has 2 heterocycles. The van der Waals surface area contributed by atoms with Gasteiger partial charge in [0.25, 0.3) is 5.56 Å². The summed E-state index contributed by atoms with van der Waals surface area (Å²) < 4.78 is 4.92. The molecule has 2 aromatic heterocycles. The van der Waals surface area contributed by atoms with E-state index in [-0.39, 0.29) is 23.9 Å². The molecule has 0 aromatic carbocycles. The number of nitrogens with zero attached hydrogens (tertiary/aromatic N) is 1. The largest absolute Gasteiger partial charge is 0.383 e. The highest BCUT2D eigenvalue weighted by atomic mass is 35.5. The van der Waals surface area contributed by atoms with Crippen molar-refractivity contribution in [2.45, 2.75) is 26.7 Å². The highest BCUT2D eigenvalue weighted by Gasteiger charge is 2.12. The fraction of sp³-hybridized carbons (Fsp3) is 0.562. The normalized spacial score (nSPS) is 10.7. The molecule has 0 saturated heterocycles. The second-order valence-corrected chi connectivity index (χ2v) is 6.77. The lowest BCUT2D eigenvalue weighted by Gasteiger charge is -2.06. The van der Waals surface area contributed by atoms with Gasteiger partial charge in [-0.15, -0.1) is 23.7 Å². The number of ether oxygens (including phenoxy) is 1. The van der Waals surface area contributed by atoms with Crippen molar-refractivity contribution in [2.24, 2.45) is 0 Å². The molecule has 0 radical (unpaired) electrons. The smallest absolute Gasteiger partial charge is 0.259 e. The van der Waals surface area contributed by atoms with E-state index >= 15 is 0 Å². The Hall–Kier alpha value is -1.48. The number of nitrogens with one attached hydrogen (secondary N) is 3. The van der Waals surface area contributed by atoms with E-state index in [1.807, 2.05) is 13.8 Å². The molecule has 0 atom stereocenters. The number of carbonyl (C=O) groups excluding carboxylic acids is 1. The van der Waals surface area contributed by atoms with Gasteiger partial charge in [0.05, 0.1) is 12.0 Å². The summed E-state index contributed by atoms with van der Waals surface area (Å²) in [4.78, 5) is 33.1. The van der Waals surface area contributed by atoms with E-state index in [1.165, 1.54) is 11.3 Å². The summed E-state index contributed by atoms with van der Waals surface area (Å²) in [5.74, 6) is 0.506. The molecule has 0 saturated carbocycles. The van der Waals surface area contributed by atoms with Gasteiger partial charge >= 0.3 is 0 Å². The molecule has 0 aliphatic rings. The lowest BCUT2D eigenvalue weighted by Crippen LogP contribution is -2.33. The SMILES string of the molecule is COCCNCCNC(=O)CCc1nc2sc(C)c(C)c2c(=O)[nH]1.Cl. The molecule has 0 fully saturated rings. The first-order valence-corrected chi connectivity index (χ1v) is 8.79. The molecular weight excluding hydrogens is 364 g/mol. The molecule has 25 heavy (non-hydrogen) atoms. The van der Waals surface area contributed by atoms with Gasteiger partial charge in [0.15, 0.2) is 0 Å². The topological polar surface area (TPSA) is 96.1 Å². The molecule has 0 spiro atoms. The molecule has 7 nitrogen and oxygen atoms in total. The van der Waals surface area contributed by atoms with Crippen molar-refractivity contribution in [3.05, 3.63) is 26.6 Å². The van der Waals surface area contributed by atoms with E-state index in [9.17, 15) is 9.59 Å². The van der Waals surface area contributed by atoms with E-state index in [1.54, 1.807) is 7.11 Å². The minimum Gasteiger partial charge on any atom is -0.383 e. The Labute approximate surface area is 157 Å². The average molecular weight is 389 g/mol. The standard InChI is InChI=1S/C16H24N4O3S.ClH/c1-10-11(2)24-16-14(10)15(22)19-12(20-16)4-5-13(21)18-7-6-17-8-9-23-3;/h17H,4-9H2,1-3H3,(H,18,21)(H,19,20,22);1H. The zero-order valence-corrected chi connectivity index (χ0v) is 16.4. The number of amides is 1. The number of halogens is 1. The fourth-order valence-corrected chi connectivity index (χ4v) is 3.38. The molecule has 3 N–H and O–H groups in total. The third-order valence-corrected chi connectivity index (χ3v) is 4.89. The minimum atomic E-state index is -0.125. The molecule has 0 aliphatic carbocycles. The van der Waals surface area contributed by atoms with Gasteiger partial charge in [0.2, 0.25) is 5.91 Å². The number of carbonyl (C=O) groups is 1. The van der Waals surface area contributed by atoms with Gasteiger partial charge in [-0.25, -0.2) is 4.98 Å². The van der Waals surface area contributed by atoms with Crippen molar-refractivity contribution in [3.8, 4) is 0 Å². The predicted octanol–water partition coefficient (Wildman–Crippen LogP) is 1.31. The number of aromatic nitrogens is 2. The van der Waals surface area contributed by atoms with Crippen LogP contribution in [0.15, 0.2) is 4.79 Å². The van der Waals surface area contributed by atoms with Gasteiger partial charge in [0, 0.05) is 44.5 Å². The summed E-state index contributed by atoms with van der Waals surface area (Å²) in [7, 11) is 1.65. The monoisotopic (exact) mass is 388 g/mol. The second-order valence-electron chi connectivity index (χ2n) is 5.57. The number of H-pyrrole nitrogens is 1. The van der Waals surface area contributed by atoms with Crippen LogP contribution in [0.25, 0.3) is 10.2 Å². The highest BCUT2D eigenvalue weighted by molar-refractivity contribution is 7.18. The molecule has 0 aliphatic heterocycles. The Bertz CT molecular complexity index is 760. The summed E-state index contributed by atoms with van der Waals surface area (Å²) in [5.41, 5.74) is 0.855. The van der Waals surface area contributed by atoms with Crippen molar-refractivity contribution >= 4 is 39.9 Å². The number of rotatable bonds is 9. The van der Waals surface area contributed by atoms with E-state index in [0.29, 0.717) is 43.7 Å². The number of methoxy groups -OCH3 is 1. The predicted molar refractivity (Wildman–Crippen MR) is 103 cm³/mol. The zero-order chi connectivity index (χ0) is 17.5. The first-order chi connectivity index (χ1) is 11.5. The Morgan fingerprint density at radius 1 is 1.28 bits per heavy atom. The molecule has 2 rings (SSSR count). The van der Waals surface area contributed by atoms with E-state index in [2.05, 4.69) is 20.6 Å². The van der Waals surface area contributed by atoms with Gasteiger partial charge < -0.3 is 20.4 Å². The van der Waals surface area contributed by atoms with Crippen molar-refractivity contribution in [1.82, 2.24) is 20.6 Å². The first-order valence-electron chi connectivity index (χ1n) is 7.98. The number of aryl methyl sites for hydroxylation is 3. The van der Waals surface area contributed by atoms with Crippen molar-refractivity contribution in [2.75, 3.05) is 33.4 Å². The average Bonchev–Trinajstić information content (AvgIpc) is 2.83. The summed E-state index contributed by atoms with van der Waals surface area (Å²) in [6.07, 6.45) is 0.722. The summed E-state index contributed by atoms with van der Waals surface area (Å²) in [6.45, 7) is 6.58. The molecule has 1 amide bonds. The Kier molecular flexibility index (Phi) is 9.05. The number of hydrogen-bond donors (Lipinski definition) is 3. The lowest BCUT2D eigenvalue weighted by atomic mass is 10.2. The van der Waals surface area contributed by atoms with E-state index < -0.39 is 0 Å². The molecule has 0 bridgehead atoms. The van der Waals surface area contributed by atoms with Crippen LogP contribution in [-0.4, -0.2) is 49.2 Å². The molecule has 0 unspecified atom stereocenters. The van der Waals surface area contributed by atoms with Crippen LogP contribution >= 0.6 is 23.7 Å². The summed E-state index contributed by atoms with van der Waals surface area (Å²) in [6, 6.07) is 0. The van der Waals surface area contributed by atoms with Crippen LogP contribution < -0.4 is 16.2 Å². The number of hydrogen-bond acceptors (Lipinski definition) is 6. The van der Waals surface area contributed by atoms with Gasteiger partial charge in [0.1, 0.15) is 10.7 Å². The quantitative estimate of drug-likeness (QED) is 0.563. The van der Waals surface area contributed by atoms with Gasteiger partial charge in [-0.3, -0.25) is 9.59 Å². The number of aromatic amines is 1. The van der Waals surface area contributed by atoms with Crippen molar-refractivity contribution in [3.63, 3.8) is 0 Å². The maximum Gasteiger partial charge on any atom is 0.259 e. The Balaban J connectivity index is 0.00000312. The minimum absolute atomic E-state index is 0. The van der Waals surface area contributed by atoms with Crippen LogP contribution in [0.5, 0.6) is 0 Å².